The molecule has 0 rings (SSSR count). The molecule has 0 aromatic carbocycles. The third kappa shape index (κ3) is 42.8. The summed E-state index contributed by atoms with van der Waals surface area (Å²) in [5.74, 6) is -0.957. The Bertz CT molecular complexity index is 1260. The van der Waals surface area contributed by atoms with Gasteiger partial charge in [-0.05, 0) is 77.0 Å². The predicted octanol–water partition coefficient (Wildman–Crippen LogP) is 12.2. The summed E-state index contributed by atoms with van der Waals surface area (Å²) in [6.45, 7) is 4.05. The maximum absolute atomic E-state index is 12.7. The van der Waals surface area contributed by atoms with Crippen molar-refractivity contribution in [1.29, 1.82) is 0 Å². The van der Waals surface area contributed by atoms with Crippen LogP contribution >= 0.6 is 7.82 Å². The molecule has 0 heterocycles. The number of rotatable bonds is 39. The first-order chi connectivity index (χ1) is 28.0. The molecule has 0 spiro atoms. The second-order valence-electron chi connectivity index (χ2n) is 15.7. The van der Waals surface area contributed by atoms with Gasteiger partial charge in [0, 0.05) is 12.8 Å². The Morgan fingerprint density at radius 1 is 0.552 bits per heavy atom. The normalized spacial score (nSPS) is 14.4. The van der Waals surface area contributed by atoms with Gasteiger partial charge in [-0.15, -0.1) is 0 Å². The summed E-state index contributed by atoms with van der Waals surface area (Å²) in [6.07, 6.45) is 50.5. The van der Waals surface area contributed by atoms with Crippen molar-refractivity contribution < 1.29 is 42.1 Å². The van der Waals surface area contributed by atoms with Crippen LogP contribution in [-0.4, -0.2) is 70.0 Å². The van der Waals surface area contributed by atoms with E-state index in [1.807, 2.05) is 33.3 Å². The van der Waals surface area contributed by atoms with Crippen LogP contribution in [0, 0.1) is 0 Å². The number of carbonyl (C=O) groups is 2. The molecule has 2 atom stereocenters. The lowest BCUT2D eigenvalue weighted by Gasteiger charge is -2.28. The van der Waals surface area contributed by atoms with Gasteiger partial charge >= 0.3 is 11.9 Å². The van der Waals surface area contributed by atoms with Crippen molar-refractivity contribution in [3.8, 4) is 0 Å². The van der Waals surface area contributed by atoms with Crippen LogP contribution in [0.15, 0.2) is 85.1 Å². The third-order valence-corrected chi connectivity index (χ3v) is 9.89. The van der Waals surface area contributed by atoms with E-state index in [0.29, 0.717) is 23.9 Å². The number of hydrogen-bond acceptors (Lipinski definition) is 8. The summed E-state index contributed by atoms with van der Waals surface area (Å²) in [7, 11) is 1.10. The zero-order valence-electron chi connectivity index (χ0n) is 37.2. The molecule has 0 bridgehead atoms. The summed E-state index contributed by atoms with van der Waals surface area (Å²) in [4.78, 5) is 37.5. The van der Waals surface area contributed by atoms with Gasteiger partial charge in [0.2, 0.25) is 0 Å². The lowest BCUT2D eigenvalue weighted by molar-refractivity contribution is -0.870. The van der Waals surface area contributed by atoms with Crippen LogP contribution < -0.4 is 4.89 Å². The number of allylic oxidation sites excluding steroid dienone is 14. The van der Waals surface area contributed by atoms with E-state index in [4.69, 9.17) is 18.5 Å². The Balaban J connectivity index is 4.52. The molecule has 0 fully saturated rings. The quantitative estimate of drug-likeness (QED) is 0.0150. The first-order valence-corrected chi connectivity index (χ1v) is 23.8. The van der Waals surface area contributed by atoms with Gasteiger partial charge in [-0.1, -0.05) is 150 Å². The van der Waals surface area contributed by atoms with E-state index in [1.54, 1.807) is 0 Å². The van der Waals surface area contributed by atoms with Crippen molar-refractivity contribution >= 4 is 19.8 Å². The predicted molar refractivity (Wildman–Crippen MR) is 240 cm³/mol. The third-order valence-electron chi connectivity index (χ3n) is 8.93. The standard InChI is InChI=1S/C48H82NO8P/c1-6-8-10-12-14-16-18-20-22-23-24-25-27-28-30-32-34-36-38-40-47(50)54-44-46(45-56-58(52,53)55-43-42-49(3,4)5)57-48(51)41-39-37-35-33-31-29-26-21-19-17-15-13-11-9-7-2/h14,16-17,19-22,24-26,28,30,34,36,46H,6-13,15,18,23,27,29,31-33,35,37-45H2,1-5H3/b16-14+,19-17+,22-20+,25-24+,26-21+,30-28+,36-34+/t46-/m1/s1. The van der Waals surface area contributed by atoms with Crippen molar-refractivity contribution in [1.82, 2.24) is 0 Å². The fourth-order valence-corrected chi connectivity index (χ4v) is 6.12. The molecule has 9 nitrogen and oxygen atoms in total. The molecule has 0 N–H and O–H groups in total. The van der Waals surface area contributed by atoms with Gasteiger partial charge in [0.1, 0.15) is 19.8 Å². The number of carbonyl (C=O) groups excluding carboxylic acids is 2. The average Bonchev–Trinajstić information content (AvgIpc) is 3.17. The van der Waals surface area contributed by atoms with Gasteiger partial charge in [0.25, 0.3) is 7.82 Å². The van der Waals surface area contributed by atoms with Crippen molar-refractivity contribution in [2.45, 2.75) is 161 Å². The Hall–Kier alpha value is -2.81. The van der Waals surface area contributed by atoms with Crippen LogP contribution in [0.4, 0.5) is 0 Å². The molecular formula is C48H82NO8P. The molecule has 0 aliphatic heterocycles. The monoisotopic (exact) mass is 832 g/mol. The van der Waals surface area contributed by atoms with Crippen molar-refractivity contribution in [3.05, 3.63) is 85.1 Å². The van der Waals surface area contributed by atoms with Crippen molar-refractivity contribution in [2.24, 2.45) is 0 Å². The molecule has 0 saturated heterocycles. The highest BCUT2D eigenvalue weighted by atomic mass is 31.2. The minimum atomic E-state index is -4.65. The Morgan fingerprint density at radius 2 is 1.02 bits per heavy atom. The molecule has 0 aliphatic carbocycles. The van der Waals surface area contributed by atoms with Crippen LogP contribution in [-0.2, 0) is 32.7 Å². The highest BCUT2D eigenvalue weighted by molar-refractivity contribution is 7.45. The van der Waals surface area contributed by atoms with Crippen LogP contribution in [0.3, 0.4) is 0 Å². The topological polar surface area (TPSA) is 111 Å². The molecule has 0 radical (unpaired) electrons. The second kappa shape index (κ2) is 39.6. The van der Waals surface area contributed by atoms with Crippen LogP contribution in [0.25, 0.3) is 0 Å². The average molecular weight is 832 g/mol. The number of likely N-dealkylation sites (N-methyl/N-ethyl adjacent to an activating group) is 1. The van der Waals surface area contributed by atoms with Crippen molar-refractivity contribution in [3.63, 3.8) is 0 Å². The minimum absolute atomic E-state index is 0.0494. The molecule has 0 aliphatic rings. The molecule has 0 aromatic heterocycles. The van der Waals surface area contributed by atoms with E-state index in [2.05, 4.69) is 86.8 Å². The first-order valence-electron chi connectivity index (χ1n) is 22.3. The highest BCUT2D eigenvalue weighted by Crippen LogP contribution is 2.38. The molecule has 0 aromatic rings. The van der Waals surface area contributed by atoms with Gasteiger partial charge in [0.05, 0.1) is 27.7 Å². The van der Waals surface area contributed by atoms with Crippen LogP contribution in [0.2, 0.25) is 0 Å². The number of hydrogen-bond donors (Lipinski definition) is 0. The van der Waals surface area contributed by atoms with Gasteiger partial charge in [0.15, 0.2) is 6.10 Å². The number of quaternary nitrogens is 1. The maximum Gasteiger partial charge on any atom is 0.306 e. The van der Waals surface area contributed by atoms with Crippen LogP contribution in [0.1, 0.15) is 155 Å². The van der Waals surface area contributed by atoms with E-state index in [-0.39, 0.29) is 26.1 Å². The van der Waals surface area contributed by atoms with E-state index in [1.165, 1.54) is 51.4 Å². The zero-order valence-corrected chi connectivity index (χ0v) is 38.1. The minimum Gasteiger partial charge on any atom is -0.756 e. The summed E-state index contributed by atoms with van der Waals surface area (Å²) in [5, 5.41) is 0. The van der Waals surface area contributed by atoms with E-state index < -0.39 is 32.5 Å². The summed E-state index contributed by atoms with van der Waals surface area (Å²) >= 11 is 0. The van der Waals surface area contributed by atoms with Crippen LogP contribution in [0.5, 0.6) is 0 Å². The molecule has 0 saturated carbocycles. The summed E-state index contributed by atoms with van der Waals surface area (Å²) in [6, 6.07) is 0. The lowest BCUT2D eigenvalue weighted by Crippen LogP contribution is -2.37. The largest absolute Gasteiger partial charge is 0.756 e. The fraction of sp³-hybridized carbons (Fsp3) is 0.667. The first kappa shape index (κ1) is 55.2. The zero-order chi connectivity index (χ0) is 42.8. The molecule has 10 heteroatoms. The number of esters is 2. The van der Waals surface area contributed by atoms with Gasteiger partial charge < -0.3 is 27.9 Å². The number of phosphoric ester groups is 1. The number of ether oxygens (including phenoxy) is 2. The summed E-state index contributed by atoms with van der Waals surface area (Å²) in [5.41, 5.74) is 0. The van der Waals surface area contributed by atoms with Crippen molar-refractivity contribution in [2.75, 3.05) is 47.5 Å². The molecule has 58 heavy (non-hydrogen) atoms. The fourth-order valence-electron chi connectivity index (χ4n) is 5.39. The van der Waals surface area contributed by atoms with Gasteiger partial charge in [-0.2, -0.15) is 0 Å². The summed E-state index contributed by atoms with van der Waals surface area (Å²) < 4.78 is 33.8. The number of nitrogens with zero attached hydrogens (tertiary/aromatic N) is 1. The molecule has 332 valence electrons. The lowest BCUT2D eigenvalue weighted by atomic mass is 10.1. The maximum atomic E-state index is 12.7. The van der Waals surface area contributed by atoms with E-state index in [9.17, 15) is 19.0 Å². The smallest absolute Gasteiger partial charge is 0.306 e. The highest BCUT2D eigenvalue weighted by Gasteiger charge is 2.21. The Kier molecular flexibility index (Phi) is 37.7. The molecular weight excluding hydrogens is 750 g/mol. The van der Waals surface area contributed by atoms with Gasteiger partial charge in [-0.25, -0.2) is 0 Å². The molecule has 1 unspecified atom stereocenters. The Labute approximate surface area is 354 Å². The number of unbranched alkanes of at least 4 members (excludes halogenated alkanes) is 12. The van der Waals surface area contributed by atoms with Gasteiger partial charge in [-0.3, -0.25) is 14.2 Å². The second-order valence-corrected chi connectivity index (χ2v) is 17.1. The number of phosphoric acid groups is 1. The van der Waals surface area contributed by atoms with E-state index >= 15 is 0 Å². The molecule has 0 amide bonds. The Morgan fingerprint density at radius 3 is 1.59 bits per heavy atom. The SMILES string of the molecule is CCCCC/C=C/C/C=C/C/C=C/C/C=C/C/C=C/CCC(=O)OC[C@H](COP(=O)([O-])OCC[N+](C)(C)C)OC(=O)CCCCCCC/C=C/C=C/CCCCCC. The van der Waals surface area contributed by atoms with E-state index in [0.717, 1.165) is 64.2 Å².